The Labute approximate surface area is 89.7 Å². The number of nitrogens with zero attached hydrogens (tertiary/aromatic N) is 1. The first-order valence-electron chi connectivity index (χ1n) is 5.30. The summed E-state index contributed by atoms with van der Waals surface area (Å²) in [5.74, 6) is -0.682. The molecule has 2 aliphatic rings. The summed E-state index contributed by atoms with van der Waals surface area (Å²) in [5, 5.41) is -0.191. The van der Waals surface area contributed by atoms with E-state index in [1.54, 1.807) is 0 Å². The van der Waals surface area contributed by atoms with Crippen LogP contribution in [0.3, 0.4) is 0 Å². The predicted octanol–water partition coefficient (Wildman–Crippen LogP) is -0.324. The second kappa shape index (κ2) is 3.75. The second-order valence-electron chi connectivity index (χ2n) is 4.34. The van der Waals surface area contributed by atoms with Crippen LogP contribution >= 0.6 is 0 Å². The third-order valence-electron chi connectivity index (χ3n) is 3.09. The van der Waals surface area contributed by atoms with Gasteiger partial charge in [-0.25, -0.2) is 12.7 Å². The highest BCUT2D eigenvalue weighted by Gasteiger charge is 2.42. The fraction of sp³-hybridized carbons (Fsp3) is 0.889. The molecule has 1 saturated heterocycles. The van der Waals surface area contributed by atoms with E-state index in [0.717, 1.165) is 19.3 Å². The number of carbonyl (C=O) groups is 1. The van der Waals surface area contributed by atoms with Crippen LogP contribution in [0.2, 0.25) is 0 Å². The molecule has 1 aliphatic carbocycles. The van der Waals surface area contributed by atoms with Gasteiger partial charge in [-0.15, -0.1) is 0 Å². The van der Waals surface area contributed by atoms with Gasteiger partial charge in [-0.1, -0.05) is 0 Å². The molecule has 0 spiro atoms. The van der Waals surface area contributed by atoms with E-state index in [1.165, 1.54) is 4.31 Å². The monoisotopic (exact) mass is 232 g/mol. The molecule has 1 heterocycles. The summed E-state index contributed by atoms with van der Waals surface area (Å²) in [5.41, 5.74) is 5.20. The van der Waals surface area contributed by atoms with Crippen LogP contribution in [-0.4, -0.2) is 37.0 Å². The van der Waals surface area contributed by atoms with Crippen LogP contribution in [0, 0.1) is 5.92 Å². The van der Waals surface area contributed by atoms with Crippen molar-refractivity contribution < 1.29 is 13.2 Å². The molecule has 0 aromatic carbocycles. The van der Waals surface area contributed by atoms with E-state index in [0.29, 0.717) is 13.0 Å². The molecule has 2 fully saturated rings. The van der Waals surface area contributed by atoms with Gasteiger partial charge in [-0.05, 0) is 25.7 Å². The second-order valence-corrected chi connectivity index (χ2v) is 6.56. The van der Waals surface area contributed by atoms with Crippen molar-refractivity contribution in [2.24, 2.45) is 11.7 Å². The smallest absolute Gasteiger partial charge is 0.221 e. The van der Waals surface area contributed by atoms with E-state index in [-0.39, 0.29) is 23.6 Å². The fourth-order valence-electron chi connectivity index (χ4n) is 1.98. The first-order valence-corrected chi connectivity index (χ1v) is 6.80. The number of carbonyl (C=O) groups excluding carboxylic acids is 1. The lowest BCUT2D eigenvalue weighted by Gasteiger charge is -2.30. The number of rotatable bonds is 3. The van der Waals surface area contributed by atoms with E-state index in [4.69, 9.17) is 5.73 Å². The maximum Gasteiger partial charge on any atom is 0.221 e. The average Bonchev–Trinajstić information content (AvgIpc) is 3.01. The van der Waals surface area contributed by atoms with Gasteiger partial charge in [0.25, 0.3) is 0 Å². The molecule has 2 N–H and O–H groups in total. The van der Waals surface area contributed by atoms with E-state index in [2.05, 4.69) is 0 Å². The van der Waals surface area contributed by atoms with E-state index in [1.807, 2.05) is 0 Å². The minimum absolute atomic E-state index is 0.191. The summed E-state index contributed by atoms with van der Waals surface area (Å²) in [7, 11) is -3.13. The number of primary amides is 1. The van der Waals surface area contributed by atoms with Crippen molar-refractivity contribution >= 4 is 15.9 Å². The lowest BCUT2D eigenvalue weighted by molar-refractivity contribution is -0.122. The molecule has 1 atom stereocenters. The maximum atomic E-state index is 11.9. The predicted molar refractivity (Wildman–Crippen MR) is 55.4 cm³/mol. The number of hydrogen-bond acceptors (Lipinski definition) is 3. The van der Waals surface area contributed by atoms with Crippen LogP contribution in [0.25, 0.3) is 0 Å². The van der Waals surface area contributed by atoms with Gasteiger partial charge < -0.3 is 5.73 Å². The van der Waals surface area contributed by atoms with Crippen molar-refractivity contribution in [3.63, 3.8) is 0 Å². The van der Waals surface area contributed by atoms with Gasteiger partial charge in [-0.3, -0.25) is 4.79 Å². The topological polar surface area (TPSA) is 80.5 Å². The summed E-state index contributed by atoms with van der Waals surface area (Å²) in [6.45, 7) is 0.830. The zero-order valence-electron chi connectivity index (χ0n) is 8.55. The molecular formula is C9H16N2O3S. The van der Waals surface area contributed by atoms with Crippen LogP contribution in [0.15, 0.2) is 0 Å². The van der Waals surface area contributed by atoms with Gasteiger partial charge in [0.1, 0.15) is 0 Å². The molecule has 0 unspecified atom stereocenters. The Balaban J connectivity index is 2.07. The maximum absolute atomic E-state index is 11.9. The molecule has 1 amide bonds. The SMILES string of the molecule is NC(=O)[C@H]1CCCN(S(=O)(=O)C2CC2)C1. The molecular weight excluding hydrogens is 216 g/mol. The highest BCUT2D eigenvalue weighted by atomic mass is 32.2. The Morgan fingerprint density at radius 2 is 1.93 bits per heavy atom. The highest BCUT2D eigenvalue weighted by molar-refractivity contribution is 7.90. The van der Waals surface area contributed by atoms with Gasteiger partial charge in [-0.2, -0.15) is 0 Å². The van der Waals surface area contributed by atoms with Crippen molar-refractivity contribution in [3.05, 3.63) is 0 Å². The van der Waals surface area contributed by atoms with Gasteiger partial charge in [0.05, 0.1) is 11.2 Å². The molecule has 0 radical (unpaired) electrons. The number of hydrogen-bond donors (Lipinski definition) is 1. The normalized spacial score (nSPS) is 28.9. The van der Waals surface area contributed by atoms with Crippen molar-refractivity contribution in [1.29, 1.82) is 0 Å². The standard InChI is InChI=1S/C9H16N2O3S/c10-9(12)7-2-1-5-11(6-7)15(13,14)8-3-4-8/h7-8H,1-6H2,(H2,10,12)/t7-/m0/s1. The van der Waals surface area contributed by atoms with E-state index in [9.17, 15) is 13.2 Å². The van der Waals surface area contributed by atoms with Gasteiger partial charge in [0, 0.05) is 13.1 Å². The van der Waals surface area contributed by atoms with Gasteiger partial charge >= 0.3 is 0 Å². The summed E-state index contributed by atoms with van der Waals surface area (Å²) >= 11 is 0. The Kier molecular flexibility index (Phi) is 2.72. The number of piperidine rings is 1. The zero-order chi connectivity index (χ0) is 11.1. The molecule has 0 aromatic rings. The fourth-order valence-corrected chi connectivity index (χ4v) is 3.91. The molecule has 15 heavy (non-hydrogen) atoms. The Bertz CT molecular complexity index is 362. The molecule has 2 rings (SSSR count). The highest BCUT2D eigenvalue weighted by Crippen LogP contribution is 2.33. The first-order chi connectivity index (χ1) is 7.01. The van der Waals surface area contributed by atoms with E-state index < -0.39 is 10.0 Å². The van der Waals surface area contributed by atoms with Crippen molar-refractivity contribution in [2.45, 2.75) is 30.9 Å². The number of sulfonamides is 1. The van der Waals surface area contributed by atoms with Crippen molar-refractivity contribution in [2.75, 3.05) is 13.1 Å². The summed E-state index contributed by atoms with van der Waals surface area (Å²) < 4.78 is 25.2. The Morgan fingerprint density at radius 1 is 1.27 bits per heavy atom. The van der Waals surface area contributed by atoms with Crippen molar-refractivity contribution in [1.82, 2.24) is 4.31 Å². The summed E-state index contributed by atoms with van der Waals surface area (Å²) in [6, 6.07) is 0. The van der Waals surface area contributed by atoms with E-state index >= 15 is 0 Å². The molecule has 1 saturated carbocycles. The lowest BCUT2D eigenvalue weighted by atomic mass is 9.99. The third kappa shape index (κ3) is 2.15. The molecule has 6 heteroatoms. The Hall–Kier alpha value is -0.620. The zero-order valence-corrected chi connectivity index (χ0v) is 9.37. The minimum atomic E-state index is -3.13. The lowest BCUT2D eigenvalue weighted by Crippen LogP contribution is -2.45. The minimum Gasteiger partial charge on any atom is -0.369 e. The van der Waals surface area contributed by atoms with Gasteiger partial charge in [0.15, 0.2) is 0 Å². The van der Waals surface area contributed by atoms with Crippen LogP contribution in [0.1, 0.15) is 25.7 Å². The first kappa shape index (κ1) is 10.9. The van der Waals surface area contributed by atoms with Crippen LogP contribution in [0.5, 0.6) is 0 Å². The van der Waals surface area contributed by atoms with Crippen molar-refractivity contribution in [3.8, 4) is 0 Å². The molecule has 1 aliphatic heterocycles. The Morgan fingerprint density at radius 3 is 2.47 bits per heavy atom. The van der Waals surface area contributed by atoms with Gasteiger partial charge in [0.2, 0.25) is 15.9 Å². The third-order valence-corrected chi connectivity index (χ3v) is 5.46. The largest absolute Gasteiger partial charge is 0.369 e. The van der Waals surface area contributed by atoms with Crippen LogP contribution < -0.4 is 5.73 Å². The number of nitrogens with two attached hydrogens (primary N) is 1. The quantitative estimate of drug-likeness (QED) is 0.724. The molecule has 0 bridgehead atoms. The molecule has 0 aromatic heterocycles. The molecule has 5 nitrogen and oxygen atoms in total. The molecule has 86 valence electrons. The van der Waals surface area contributed by atoms with Crippen LogP contribution in [-0.2, 0) is 14.8 Å². The number of amides is 1. The summed E-state index contributed by atoms with van der Waals surface area (Å²) in [6.07, 6.45) is 2.98. The van der Waals surface area contributed by atoms with Crippen LogP contribution in [0.4, 0.5) is 0 Å². The average molecular weight is 232 g/mol. The summed E-state index contributed by atoms with van der Waals surface area (Å²) in [4.78, 5) is 11.0.